The highest BCUT2D eigenvalue weighted by atomic mass is 32.2. The van der Waals surface area contributed by atoms with E-state index in [1.54, 1.807) is 43.3 Å². The van der Waals surface area contributed by atoms with Crippen LogP contribution in [0.4, 0.5) is 11.4 Å². The van der Waals surface area contributed by atoms with E-state index in [0.29, 0.717) is 17.1 Å². The number of carbonyl (C=O) groups excluding carboxylic acids is 3. The number of sulfonamides is 1. The molecule has 0 bridgehead atoms. The maximum absolute atomic E-state index is 13.2. The number of amides is 1. The van der Waals surface area contributed by atoms with Crippen LogP contribution in [0.1, 0.15) is 27.6 Å². The third-order valence-electron chi connectivity index (χ3n) is 5.26. The molecule has 0 aromatic heterocycles. The van der Waals surface area contributed by atoms with Crippen LogP contribution < -0.4 is 14.4 Å². The minimum absolute atomic E-state index is 0.00547. The molecule has 0 saturated heterocycles. The molecule has 10 heteroatoms. The quantitative estimate of drug-likeness (QED) is 0.377. The number of ketones is 1. The molecule has 0 aliphatic carbocycles. The molecule has 0 saturated carbocycles. The van der Waals surface area contributed by atoms with Crippen LogP contribution in [0.3, 0.4) is 0 Å². The van der Waals surface area contributed by atoms with E-state index in [1.807, 2.05) is 0 Å². The van der Waals surface area contributed by atoms with Gasteiger partial charge in [-0.2, -0.15) is 0 Å². The fourth-order valence-corrected chi connectivity index (χ4v) is 5.07. The van der Waals surface area contributed by atoms with Crippen molar-refractivity contribution >= 4 is 39.1 Å². The van der Waals surface area contributed by atoms with Crippen molar-refractivity contribution in [3.8, 4) is 5.75 Å². The number of benzene rings is 3. The summed E-state index contributed by atoms with van der Waals surface area (Å²) in [6, 6.07) is 18.6. The van der Waals surface area contributed by atoms with Gasteiger partial charge in [0.1, 0.15) is 5.75 Å². The summed E-state index contributed by atoms with van der Waals surface area (Å²) in [5.41, 5.74) is 1.07. The van der Waals surface area contributed by atoms with Crippen LogP contribution in [0.5, 0.6) is 5.75 Å². The summed E-state index contributed by atoms with van der Waals surface area (Å²) in [5, 5.41) is 2.61. The molecule has 0 unspecified atom stereocenters. The Labute approximate surface area is 202 Å². The lowest BCUT2D eigenvalue weighted by atomic mass is 10.1. The van der Waals surface area contributed by atoms with E-state index >= 15 is 0 Å². The van der Waals surface area contributed by atoms with Gasteiger partial charge in [-0.1, -0.05) is 24.3 Å². The zero-order valence-corrected chi connectivity index (χ0v) is 19.6. The molecule has 0 radical (unpaired) electrons. The van der Waals surface area contributed by atoms with E-state index < -0.39 is 28.4 Å². The van der Waals surface area contributed by atoms with Crippen LogP contribution in [0, 0.1) is 0 Å². The van der Waals surface area contributed by atoms with Crippen LogP contribution >= 0.6 is 0 Å². The third-order valence-corrected chi connectivity index (χ3v) is 7.16. The summed E-state index contributed by atoms with van der Waals surface area (Å²) in [7, 11) is -3.94. The van der Waals surface area contributed by atoms with Crippen molar-refractivity contribution in [1.29, 1.82) is 0 Å². The van der Waals surface area contributed by atoms with Crippen LogP contribution in [-0.4, -0.2) is 45.8 Å². The summed E-state index contributed by atoms with van der Waals surface area (Å²) in [4.78, 5) is 36.5. The molecule has 1 aliphatic heterocycles. The largest absolute Gasteiger partial charge is 0.482 e. The maximum Gasteiger partial charge on any atom is 0.338 e. The highest BCUT2D eigenvalue weighted by molar-refractivity contribution is 7.92. The first-order chi connectivity index (χ1) is 16.8. The molecular weight excluding hydrogens is 472 g/mol. The first-order valence-electron chi connectivity index (χ1n) is 10.7. The number of hydrogen-bond acceptors (Lipinski definition) is 7. The molecule has 9 nitrogen and oxygen atoms in total. The van der Waals surface area contributed by atoms with Gasteiger partial charge in [-0.3, -0.25) is 13.9 Å². The first-order valence-corrected chi connectivity index (χ1v) is 12.2. The van der Waals surface area contributed by atoms with Crippen molar-refractivity contribution in [3.63, 3.8) is 0 Å². The minimum atomic E-state index is -3.94. The summed E-state index contributed by atoms with van der Waals surface area (Å²) >= 11 is 0. The zero-order chi connectivity index (χ0) is 25.0. The Kier molecular flexibility index (Phi) is 6.83. The van der Waals surface area contributed by atoms with E-state index in [-0.39, 0.29) is 35.1 Å². The number of nitrogens with one attached hydrogen (secondary N) is 1. The molecular formula is C25H22N2O7S. The van der Waals surface area contributed by atoms with Gasteiger partial charge in [0.15, 0.2) is 19.0 Å². The molecule has 1 heterocycles. The van der Waals surface area contributed by atoms with E-state index in [0.717, 1.165) is 0 Å². The predicted molar refractivity (Wildman–Crippen MR) is 128 cm³/mol. The fourth-order valence-electron chi connectivity index (χ4n) is 3.55. The monoisotopic (exact) mass is 494 g/mol. The zero-order valence-electron chi connectivity index (χ0n) is 18.8. The van der Waals surface area contributed by atoms with Gasteiger partial charge in [-0.05, 0) is 55.5 Å². The van der Waals surface area contributed by atoms with Crippen molar-refractivity contribution in [2.24, 2.45) is 0 Å². The second-order valence-corrected chi connectivity index (χ2v) is 9.44. The number of rotatable bonds is 8. The second-order valence-electron chi connectivity index (χ2n) is 7.58. The van der Waals surface area contributed by atoms with E-state index in [2.05, 4.69) is 5.32 Å². The number of hydrogen-bond donors (Lipinski definition) is 1. The standard InChI is InChI=1S/C25H22N2O7S/c1-2-27(19-8-4-3-5-9-19)35(31,32)20-10-6-7-18(13-20)25(30)34-15-22(28)17-11-12-23-21(14-17)26-24(29)16-33-23/h3-14H,2,15-16H2,1H3,(H,26,29). The Bertz CT molecular complexity index is 1390. The molecule has 0 spiro atoms. The predicted octanol–water partition coefficient (Wildman–Crippen LogP) is 3.27. The van der Waals surface area contributed by atoms with Crippen LogP contribution in [0.15, 0.2) is 77.7 Å². The molecule has 180 valence electrons. The first kappa shape index (κ1) is 24.0. The van der Waals surface area contributed by atoms with Crippen molar-refractivity contribution in [3.05, 3.63) is 83.9 Å². The highest BCUT2D eigenvalue weighted by Gasteiger charge is 2.25. The maximum atomic E-state index is 13.2. The van der Waals surface area contributed by atoms with Gasteiger partial charge in [0.05, 0.1) is 21.8 Å². The molecule has 1 aliphatic rings. The second kappa shape index (κ2) is 9.98. The lowest BCUT2D eigenvalue weighted by Crippen LogP contribution is -2.30. The third kappa shape index (κ3) is 5.17. The molecule has 3 aromatic rings. The smallest absolute Gasteiger partial charge is 0.338 e. The average Bonchev–Trinajstić information content (AvgIpc) is 2.87. The Morgan fingerprint density at radius 2 is 1.77 bits per heavy atom. The van der Waals surface area contributed by atoms with Crippen molar-refractivity contribution in [2.45, 2.75) is 11.8 Å². The van der Waals surface area contributed by atoms with E-state index in [4.69, 9.17) is 9.47 Å². The number of esters is 1. The normalized spacial score (nSPS) is 12.7. The number of para-hydroxylation sites is 1. The van der Waals surface area contributed by atoms with Crippen molar-refractivity contribution in [1.82, 2.24) is 0 Å². The van der Waals surface area contributed by atoms with E-state index in [9.17, 15) is 22.8 Å². The number of fused-ring (bicyclic) bond motifs is 1. The van der Waals surface area contributed by atoms with Crippen molar-refractivity contribution < 1.29 is 32.3 Å². The van der Waals surface area contributed by atoms with Gasteiger partial charge in [-0.15, -0.1) is 0 Å². The summed E-state index contributed by atoms with van der Waals surface area (Å²) in [6.45, 7) is 1.25. The van der Waals surface area contributed by atoms with Crippen LogP contribution in [0.2, 0.25) is 0 Å². The highest BCUT2D eigenvalue weighted by Crippen LogP contribution is 2.29. The van der Waals surface area contributed by atoms with Gasteiger partial charge in [0.25, 0.3) is 15.9 Å². The van der Waals surface area contributed by atoms with Crippen LogP contribution in [-0.2, 0) is 19.6 Å². The van der Waals surface area contributed by atoms with Gasteiger partial charge < -0.3 is 14.8 Å². The lowest BCUT2D eigenvalue weighted by molar-refractivity contribution is -0.118. The van der Waals surface area contributed by atoms with Gasteiger partial charge in [0.2, 0.25) is 0 Å². The molecule has 0 atom stereocenters. The molecule has 0 fully saturated rings. The molecule has 1 N–H and O–H groups in total. The number of Topliss-reactive ketones (excluding diaryl/α,β-unsaturated/α-hetero) is 1. The average molecular weight is 495 g/mol. The topological polar surface area (TPSA) is 119 Å². The SMILES string of the molecule is CCN(c1ccccc1)S(=O)(=O)c1cccc(C(=O)OCC(=O)c2ccc3c(c2)NC(=O)CO3)c1. The van der Waals surface area contributed by atoms with Gasteiger partial charge >= 0.3 is 5.97 Å². The molecule has 4 rings (SSSR count). The molecule has 3 aromatic carbocycles. The lowest BCUT2D eigenvalue weighted by Gasteiger charge is -2.23. The molecule has 1 amide bonds. The Morgan fingerprint density at radius 3 is 2.51 bits per heavy atom. The number of nitrogens with zero attached hydrogens (tertiary/aromatic N) is 1. The Balaban J connectivity index is 1.47. The number of anilines is 2. The summed E-state index contributed by atoms with van der Waals surface area (Å²) in [6.07, 6.45) is 0. The number of carbonyl (C=O) groups is 3. The molecule has 35 heavy (non-hydrogen) atoms. The summed E-state index contributed by atoms with van der Waals surface area (Å²) < 4.78 is 38.0. The van der Waals surface area contributed by atoms with Crippen molar-refractivity contribution in [2.75, 3.05) is 29.4 Å². The summed E-state index contributed by atoms with van der Waals surface area (Å²) in [5.74, 6) is -1.23. The van der Waals surface area contributed by atoms with E-state index in [1.165, 1.54) is 40.7 Å². The number of ether oxygens (including phenoxy) is 2. The Hall–Kier alpha value is -4.18. The fraction of sp³-hybridized carbons (Fsp3) is 0.160. The van der Waals surface area contributed by atoms with Gasteiger partial charge in [-0.25, -0.2) is 13.2 Å². The minimum Gasteiger partial charge on any atom is -0.482 e. The van der Waals surface area contributed by atoms with Crippen LogP contribution in [0.25, 0.3) is 0 Å². The Morgan fingerprint density at radius 1 is 1.00 bits per heavy atom. The van der Waals surface area contributed by atoms with Gasteiger partial charge in [0, 0.05) is 12.1 Å².